The molecule has 3 aromatic rings. The number of aryl methyl sites for hydroxylation is 3. The molecule has 1 aliphatic rings. The third-order valence-electron chi connectivity index (χ3n) is 5.93. The number of nitrogens with one attached hydrogen (secondary N) is 2. The first-order valence-corrected chi connectivity index (χ1v) is 12.7. The van der Waals surface area contributed by atoms with Crippen LogP contribution in [0, 0.1) is 20.8 Å². The van der Waals surface area contributed by atoms with Crippen molar-refractivity contribution in [1.82, 2.24) is 5.32 Å². The molecule has 0 bridgehead atoms. The molecular weight excluding hydrogens is 574 g/mol. The number of barbiturate groups is 1. The van der Waals surface area contributed by atoms with Crippen molar-refractivity contribution in [3.05, 3.63) is 91.9 Å². The summed E-state index contributed by atoms with van der Waals surface area (Å²) in [7, 11) is 0. The monoisotopic (exact) mass is 595 g/mol. The van der Waals surface area contributed by atoms with Crippen molar-refractivity contribution >= 4 is 68.7 Å². The van der Waals surface area contributed by atoms with Gasteiger partial charge in [0.1, 0.15) is 11.3 Å². The summed E-state index contributed by atoms with van der Waals surface area (Å²) in [4.78, 5) is 51.4. The van der Waals surface area contributed by atoms with E-state index in [0.717, 1.165) is 16.0 Å². The summed E-state index contributed by atoms with van der Waals surface area (Å²) in [6, 6.07) is 14.5. The van der Waals surface area contributed by atoms with Crippen LogP contribution in [0.5, 0.6) is 5.75 Å². The van der Waals surface area contributed by atoms with Gasteiger partial charge in [-0.25, -0.2) is 9.69 Å². The van der Waals surface area contributed by atoms with Crippen LogP contribution >= 0.6 is 27.5 Å². The van der Waals surface area contributed by atoms with Gasteiger partial charge in [0.05, 0.1) is 10.2 Å². The molecule has 2 N–H and O–H groups in total. The van der Waals surface area contributed by atoms with Crippen LogP contribution in [0.4, 0.5) is 16.2 Å². The van der Waals surface area contributed by atoms with Gasteiger partial charge >= 0.3 is 6.03 Å². The van der Waals surface area contributed by atoms with Crippen molar-refractivity contribution < 1.29 is 23.9 Å². The van der Waals surface area contributed by atoms with Crippen LogP contribution in [0.15, 0.2) is 64.6 Å². The number of urea groups is 1. The van der Waals surface area contributed by atoms with Crippen LogP contribution < -0.4 is 20.3 Å². The first-order valence-electron chi connectivity index (χ1n) is 11.5. The van der Waals surface area contributed by atoms with Gasteiger partial charge in [-0.05, 0) is 101 Å². The highest BCUT2D eigenvalue weighted by Crippen LogP contribution is 2.30. The smallest absolute Gasteiger partial charge is 0.335 e. The minimum Gasteiger partial charge on any atom is -0.483 e. The quantitative estimate of drug-likeness (QED) is 0.280. The maximum atomic E-state index is 13.2. The van der Waals surface area contributed by atoms with E-state index in [9.17, 15) is 19.2 Å². The maximum Gasteiger partial charge on any atom is 0.335 e. The molecule has 5 amide bonds. The lowest BCUT2D eigenvalue weighted by atomic mass is 10.1. The summed E-state index contributed by atoms with van der Waals surface area (Å²) in [5, 5.41) is 5.33. The number of halogens is 2. The number of benzene rings is 3. The maximum absolute atomic E-state index is 13.2. The third-order valence-corrected chi connectivity index (χ3v) is 6.78. The summed E-state index contributed by atoms with van der Waals surface area (Å²) in [6.07, 6.45) is 1.37. The number of ether oxygens (including phenoxy) is 1. The van der Waals surface area contributed by atoms with Gasteiger partial charge in [-0.1, -0.05) is 29.8 Å². The molecule has 1 saturated heterocycles. The molecule has 4 rings (SSSR count). The van der Waals surface area contributed by atoms with Crippen molar-refractivity contribution in [3.8, 4) is 5.75 Å². The summed E-state index contributed by atoms with van der Waals surface area (Å²) >= 11 is 9.46. The molecule has 1 heterocycles. The summed E-state index contributed by atoms with van der Waals surface area (Å²) < 4.78 is 6.14. The molecule has 0 spiro atoms. The largest absolute Gasteiger partial charge is 0.483 e. The number of amides is 5. The van der Waals surface area contributed by atoms with Gasteiger partial charge < -0.3 is 10.1 Å². The number of carbonyl (C=O) groups is 4. The first kappa shape index (κ1) is 27.1. The molecule has 0 unspecified atom stereocenters. The second kappa shape index (κ2) is 11.2. The van der Waals surface area contributed by atoms with E-state index in [1.54, 1.807) is 37.3 Å². The Bertz CT molecular complexity index is 1520. The van der Waals surface area contributed by atoms with Gasteiger partial charge in [0.25, 0.3) is 17.7 Å². The minimum atomic E-state index is -0.855. The van der Waals surface area contributed by atoms with Crippen LogP contribution in [0.2, 0.25) is 5.02 Å². The highest BCUT2D eigenvalue weighted by Gasteiger charge is 2.37. The molecule has 0 aromatic heterocycles. The fraction of sp³-hybridized carbons (Fsp3) is 0.143. The Labute approximate surface area is 232 Å². The lowest BCUT2D eigenvalue weighted by Gasteiger charge is -2.27. The molecular formula is C28H23BrClN3O5. The van der Waals surface area contributed by atoms with E-state index in [2.05, 4.69) is 26.6 Å². The molecule has 38 heavy (non-hydrogen) atoms. The molecule has 0 radical (unpaired) electrons. The summed E-state index contributed by atoms with van der Waals surface area (Å²) in [6.45, 7) is 5.47. The Kier molecular flexibility index (Phi) is 7.99. The van der Waals surface area contributed by atoms with E-state index >= 15 is 0 Å². The van der Waals surface area contributed by atoms with E-state index in [1.807, 2.05) is 32.0 Å². The van der Waals surface area contributed by atoms with Gasteiger partial charge in [-0.2, -0.15) is 0 Å². The average Bonchev–Trinajstić information content (AvgIpc) is 2.85. The second-order valence-corrected chi connectivity index (χ2v) is 10.0. The molecule has 1 aliphatic heterocycles. The Morgan fingerprint density at radius 1 is 1.00 bits per heavy atom. The van der Waals surface area contributed by atoms with E-state index in [4.69, 9.17) is 16.3 Å². The third kappa shape index (κ3) is 5.95. The lowest BCUT2D eigenvalue weighted by Crippen LogP contribution is -2.54. The van der Waals surface area contributed by atoms with Gasteiger partial charge in [-0.15, -0.1) is 0 Å². The van der Waals surface area contributed by atoms with Crippen molar-refractivity contribution in [2.24, 2.45) is 0 Å². The van der Waals surface area contributed by atoms with Gasteiger partial charge in [0.15, 0.2) is 6.61 Å². The van der Waals surface area contributed by atoms with Gasteiger partial charge in [-0.3, -0.25) is 19.7 Å². The molecule has 0 saturated carbocycles. The zero-order valence-corrected chi connectivity index (χ0v) is 23.1. The van der Waals surface area contributed by atoms with E-state index in [0.29, 0.717) is 32.1 Å². The molecule has 1 fully saturated rings. The number of imide groups is 2. The van der Waals surface area contributed by atoms with E-state index < -0.39 is 17.8 Å². The van der Waals surface area contributed by atoms with Gasteiger partial charge in [0.2, 0.25) is 0 Å². The van der Waals surface area contributed by atoms with Crippen LogP contribution in [0.1, 0.15) is 22.3 Å². The first-order chi connectivity index (χ1) is 18.0. The van der Waals surface area contributed by atoms with Crippen molar-refractivity contribution in [1.29, 1.82) is 0 Å². The Hall–Kier alpha value is -3.95. The zero-order valence-electron chi connectivity index (χ0n) is 20.7. The average molecular weight is 597 g/mol. The van der Waals surface area contributed by atoms with Crippen molar-refractivity contribution in [3.63, 3.8) is 0 Å². The second-order valence-electron chi connectivity index (χ2n) is 8.71. The molecule has 8 nitrogen and oxygen atoms in total. The number of hydrogen-bond donors (Lipinski definition) is 2. The number of rotatable bonds is 6. The Morgan fingerprint density at radius 2 is 1.74 bits per heavy atom. The normalized spacial score (nSPS) is 14.5. The standard InChI is InChI=1S/C28H23BrClN3O5/c1-15-5-8-20(10-17(15)3)31-25(34)14-38-24-9-6-18(12-22(24)29)11-21-26(35)32-28(37)33(27(21)36)23-13-19(30)7-4-16(23)2/h4-13H,14H2,1-3H3,(H,31,34)(H,32,35,37)/b21-11+. The predicted octanol–water partition coefficient (Wildman–Crippen LogP) is 5.71. The predicted molar refractivity (Wildman–Crippen MR) is 149 cm³/mol. The molecule has 194 valence electrons. The molecule has 0 aliphatic carbocycles. The van der Waals surface area contributed by atoms with Crippen LogP contribution in [-0.2, 0) is 14.4 Å². The highest BCUT2D eigenvalue weighted by atomic mass is 79.9. The highest BCUT2D eigenvalue weighted by molar-refractivity contribution is 9.10. The van der Waals surface area contributed by atoms with Crippen LogP contribution in [-0.4, -0.2) is 30.4 Å². The van der Waals surface area contributed by atoms with Crippen LogP contribution in [0.3, 0.4) is 0 Å². The van der Waals surface area contributed by atoms with Gasteiger partial charge in [0, 0.05) is 10.7 Å². The van der Waals surface area contributed by atoms with E-state index in [-0.39, 0.29) is 23.8 Å². The number of anilines is 2. The SMILES string of the molecule is Cc1ccc(NC(=O)COc2ccc(/C=C3\C(=O)NC(=O)N(c4cc(Cl)ccc4C)C3=O)cc2Br)cc1C. The molecule has 0 atom stereocenters. The van der Waals surface area contributed by atoms with Crippen molar-refractivity contribution in [2.45, 2.75) is 20.8 Å². The molecule has 3 aromatic carbocycles. The molecule has 10 heteroatoms. The topological polar surface area (TPSA) is 105 Å². The summed E-state index contributed by atoms with van der Waals surface area (Å²) in [5.41, 5.74) is 4.07. The fourth-order valence-electron chi connectivity index (χ4n) is 3.75. The lowest BCUT2D eigenvalue weighted by molar-refractivity contribution is -0.122. The van der Waals surface area contributed by atoms with E-state index in [1.165, 1.54) is 12.1 Å². The fourth-order valence-corrected chi connectivity index (χ4v) is 4.43. The Balaban J connectivity index is 1.49. The van der Waals surface area contributed by atoms with Crippen molar-refractivity contribution in [2.75, 3.05) is 16.8 Å². The minimum absolute atomic E-state index is 0.219. The Morgan fingerprint density at radius 3 is 2.45 bits per heavy atom. The number of carbonyl (C=O) groups excluding carboxylic acids is 4. The van der Waals surface area contributed by atoms with Crippen LogP contribution in [0.25, 0.3) is 6.08 Å². The number of nitrogens with zero attached hydrogens (tertiary/aromatic N) is 1. The summed E-state index contributed by atoms with van der Waals surface area (Å²) in [5.74, 6) is -1.51. The zero-order chi connectivity index (χ0) is 27.6. The number of hydrogen-bond acceptors (Lipinski definition) is 5.